The molecule has 0 heterocycles. The molecule has 0 saturated heterocycles. The van der Waals surface area contributed by atoms with Crippen molar-refractivity contribution in [1.29, 1.82) is 0 Å². The van der Waals surface area contributed by atoms with Crippen LogP contribution in [0.4, 0.5) is 0 Å². The highest BCUT2D eigenvalue weighted by Crippen LogP contribution is 2.17. The number of carbonyl (C=O) groups excluding carboxylic acids is 1. The molecule has 29 heavy (non-hydrogen) atoms. The van der Waals surface area contributed by atoms with Crippen LogP contribution in [0, 0.1) is 0 Å². The summed E-state index contributed by atoms with van der Waals surface area (Å²) in [7, 11) is 1.49. The maximum Gasteiger partial charge on any atom is 0.273 e. The highest BCUT2D eigenvalue weighted by Gasteiger charge is 2.18. The zero-order chi connectivity index (χ0) is 20.5. The van der Waals surface area contributed by atoms with E-state index in [0.29, 0.717) is 11.6 Å². The number of methoxy groups -OCH3 is 1. The normalized spacial score (nSPS) is 11.9. The summed E-state index contributed by atoms with van der Waals surface area (Å²) in [4.78, 5) is 12.3. The van der Waals surface area contributed by atoms with Gasteiger partial charge < -0.3 is 9.47 Å². The molecule has 148 valence electrons. The quantitative estimate of drug-likeness (QED) is 0.432. The first kappa shape index (κ1) is 20.6. The molecule has 1 amide bonds. The van der Waals surface area contributed by atoms with Crippen molar-refractivity contribution >= 4 is 23.7 Å². The number of halogens is 1. The molecule has 0 fully saturated rings. The molecule has 1 N–H and O–H groups in total. The first-order valence-electron chi connectivity index (χ1n) is 9.03. The third-order valence-corrected chi connectivity index (χ3v) is 4.37. The van der Waals surface area contributed by atoms with E-state index < -0.39 is 6.10 Å². The summed E-state index contributed by atoms with van der Waals surface area (Å²) in [6.07, 6.45) is 0.853. The Balaban J connectivity index is 1.52. The van der Waals surface area contributed by atoms with Crippen molar-refractivity contribution in [3.8, 4) is 5.75 Å². The second-order valence-corrected chi connectivity index (χ2v) is 6.68. The molecule has 0 spiro atoms. The zero-order valence-electron chi connectivity index (χ0n) is 15.9. The third kappa shape index (κ3) is 6.17. The van der Waals surface area contributed by atoms with Crippen LogP contribution in [0.15, 0.2) is 84.0 Å². The lowest BCUT2D eigenvalue weighted by Gasteiger charge is -2.13. The summed E-state index contributed by atoms with van der Waals surface area (Å²) >= 11 is 5.97. The van der Waals surface area contributed by atoms with Gasteiger partial charge in [0.15, 0.2) is 6.10 Å². The maximum absolute atomic E-state index is 12.3. The Bertz CT molecular complexity index is 959. The minimum Gasteiger partial charge on any atom is -0.489 e. The van der Waals surface area contributed by atoms with Gasteiger partial charge in [0.2, 0.25) is 0 Å². The van der Waals surface area contributed by atoms with Crippen LogP contribution in [-0.2, 0) is 16.1 Å². The molecule has 0 aliphatic carbocycles. The minimum atomic E-state index is -0.712. The minimum absolute atomic E-state index is 0.337. The van der Waals surface area contributed by atoms with Gasteiger partial charge in [-0.15, -0.1) is 0 Å². The molecule has 0 aliphatic heterocycles. The average molecular weight is 409 g/mol. The van der Waals surface area contributed by atoms with Crippen molar-refractivity contribution in [2.75, 3.05) is 7.11 Å². The maximum atomic E-state index is 12.3. The zero-order valence-corrected chi connectivity index (χ0v) is 16.7. The van der Waals surface area contributed by atoms with Crippen LogP contribution in [0.25, 0.3) is 0 Å². The van der Waals surface area contributed by atoms with E-state index >= 15 is 0 Å². The smallest absolute Gasteiger partial charge is 0.273 e. The fraction of sp³-hybridized carbons (Fsp3) is 0.130. The Hall–Kier alpha value is -3.15. The molecule has 0 saturated carbocycles. The predicted molar refractivity (Wildman–Crippen MR) is 114 cm³/mol. The van der Waals surface area contributed by atoms with Crippen molar-refractivity contribution in [2.24, 2.45) is 5.10 Å². The summed E-state index contributed by atoms with van der Waals surface area (Å²) < 4.78 is 11.0. The van der Waals surface area contributed by atoms with Crippen LogP contribution in [-0.4, -0.2) is 19.2 Å². The lowest BCUT2D eigenvalue weighted by Crippen LogP contribution is -2.26. The van der Waals surface area contributed by atoms with Gasteiger partial charge in [0.1, 0.15) is 12.4 Å². The number of benzene rings is 3. The van der Waals surface area contributed by atoms with E-state index in [1.54, 1.807) is 6.21 Å². The van der Waals surface area contributed by atoms with E-state index in [4.69, 9.17) is 21.1 Å². The van der Waals surface area contributed by atoms with Gasteiger partial charge >= 0.3 is 0 Å². The van der Waals surface area contributed by atoms with E-state index in [9.17, 15) is 4.79 Å². The van der Waals surface area contributed by atoms with E-state index in [-0.39, 0.29) is 5.91 Å². The lowest BCUT2D eigenvalue weighted by atomic mass is 10.1. The van der Waals surface area contributed by atoms with Gasteiger partial charge in [0.25, 0.3) is 5.91 Å². The van der Waals surface area contributed by atoms with Gasteiger partial charge in [0, 0.05) is 12.1 Å². The molecule has 3 aromatic rings. The Kier molecular flexibility index (Phi) is 7.39. The molecule has 3 rings (SSSR count). The number of hydrogen-bond donors (Lipinski definition) is 1. The first-order chi connectivity index (χ1) is 14.2. The predicted octanol–water partition coefficient (Wildman–Crippen LogP) is 4.76. The first-order valence-corrected chi connectivity index (χ1v) is 9.41. The Labute approximate surface area is 174 Å². The molecular weight excluding hydrogens is 388 g/mol. The van der Waals surface area contributed by atoms with E-state index in [1.807, 2.05) is 78.9 Å². The van der Waals surface area contributed by atoms with Crippen LogP contribution < -0.4 is 10.2 Å². The third-order valence-electron chi connectivity index (χ3n) is 4.14. The van der Waals surface area contributed by atoms with Crippen molar-refractivity contribution in [3.63, 3.8) is 0 Å². The molecule has 6 heteroatoms. The van der Waals surface area contributed by atoms with Crippen molar-refractivity contribution in [2.45, 2.75) is 12.7 Å². The molecule has 3 aromatic carbocycles. The molecule has 0 radical (unpaired) electrons. The molecular formula is C23H21ClN2O3. The van der Waals surface area contributed by atoms with E-state index in [2.05, 4.69) is 10.5 Å². The van der Waals surface area contributed by atoms with Gasteiger partial charge in [-0.2, -0.15) is 5.10 Å². The fourth-order valence-electron chi connectivity index (χ4n) is 2.69. The topological polar surface area (TPSA) is 59.9 Å². The second kappa shape index (κ2) is 10.4. The molecule has 5 nitrogen and oxygen atoms in total. The summed E-state index contributed by atoms with van der Waals surface area (Å²) in [5, 5.41) is 4.69. The number of nitrogens with one attached hydrogen (secondary N) is 1. The standard InChI is InChI=1S/C23H21ClN2O3/c1-28-22(19-7-3-2-4-8-19)23(27)26-25-15-17-10-12-21(13-11-17)29-16-18-6-5-9-20(24)14-18/h2-15,22H,16H2,1H3,(H,26,27)/b25-15-/t22-/m1/s1. The summed E-state index contributed by atoms with van der Waals surface area (Å²) in [5.41, 5.74) is 5.10. The van der Waals surface area contributed by atoms with Crippen LogP contribution >= 0.6 is 11.6 Å². The number of hydrazone groups is 1. The van der Waals surface area contributed by atoms with Gasteiger partial charge in [0.05, 0.1) is 6.21 Å². The monoisotopic (exact) mass is 408 g/mol. The van der Waals surface area contributed by atoms with Crippen LogP contribution in [0.5, 0.6) is 5.75 Å². The fourth-order valence-corrected chi connectivity index (χ4v) is 2.91. The van der Waals surface area contributed by atoms with Gasteiger partial charge in [-0.25, -0.2) is 5.43 Å². The highest BCUT2D eigenvalue weighted by molar-refractivity contribution is 6.30. The largest absolute Gasteiger partial charge is 0.489 e. The van der Waals surface area contributed by atoms with Crippen LogP contribution in [0.2, 0.25) is 5.02 Å². The highest BCUT2D eigenvalue weighted by atomic mass is 35.5. The number of amides is 1. The molecule has 0 bridgehead atoms. The molecule has 0 aromatic heterocycles. The number of ether oxygens (including phenoxy) is 2. The van der Waals surface area contributed by atoms with Crippen molar-refractivity contribution in [1.82, 2.24) is 5.43 Å². The van der Waals surface area contributed by atoms with Crippen molar-refractivity contribution in [3.05, 3.63) is 101 Å². The summed E-state index contributed by atoms with van der Waals surface area (Å²) in [5.74, 6) is 0.395. The molecule has 0 unspecified atom stereocenters. The Morgan fingerprint density at radius 1 is 1.07 bits per heavy atom. The lowest BCUT2D eigenvalue weighted by molar-refractivity contribution is -0.131. The van der Waals surface area contributed by atoms with Gasteiger partial charge in [-0.1, -0.05) is 54.1 Å². The average Bonchev–Trinajstić information content (AvgIpc) is 2.74. The van der Waals surface area contributed by atoms with Crippen LogP contribution in [0.3, 0.4) is 0 Å². The Morgan fingerprint density at radius 3 is 2.52 bits per heavy atom. The van der Waals surface area contributed by atoms with Gasteiger partial charge in [-0.05, 0) is 53.1 Å². The van der Waals surface area contributed by atoms with Gasteiger partial charge in [-0.3, -0.25) is 4.79 Å². The SMILES string of the molecule is CO[C@@H](C(=O)N/N=C\c1ccc(OCc2cccc(Cl)c2)cc1)c1ccccc1. The Morgan fingerprint density at radius 2 is 1.83 bits per heavy atom. The summed E-state index contributed by atoms with van der Waals surface area (Å²) in [6.45, 7) is 0.432. The molecule has 0 aliphatic rings. The number of rotatable bonds is 8. The molecule has 1 atom stereocenters. The van der Waals surface area contributed by atoms with E-state index in [1.165, 1.54) is 7.11 Å². The number of nitrogens with zero attached hydrogens (tertiary/aromatic N) is 1. The van der Waals surface area contributed by atoms with Crippen LogP contribution in [0.1, 0.15) is 22.8 Å². The van der Waals surface area contributed by atoms with Crippen molar-refractivity contribution < 1.29 is 14.3 Å². The number of hydrogen-bond acceptors (Lipinski definition) is 4. The second-order valence-electron chi connectivity index (χ2n) is 6.25. The summed E-state index contributed by atoms with van der Waals surface area (Å²) in [6, 6.07) is 24.2. The number of carbonyl (C=O) groups is 1. The van der Waals surface area contributed by atoms with E-state index in [0.717, 1.165) is 22.4 Å².